The molecular formula is C18H21N5O. The molecule has 124 valence electrons. The lowest BCUT2D eigenvalue weighted by atomic mass is 10.2. The molecule has 4 rings (SSSR count). The molecule has 1 saturated heterocycles. The number of aromatic nitrogens is 4. The highest BCUT2D eigenvalue weighted by atomic mass is 16.5. The third kappa shape index (κ3) is 2.29. The van der Waals surface area contributed by atoms with Gasteiger partial charge in [0.2, 0.25) is 0 Å². The summed E-state index contributed by atoms with van der Waals surface area (Å²) in [7, 11) is 1.67. The van der Waals surface area contributed by atoms with E-state index in [1.165, 1.54) is 12.8 Å². The van der Waals surface area contributed by atoms with Crippen LogP contribution in [0.2, 0.25) is 0 Å². The van der Waals surface area contributed by atoms with E-state index in [-0.39, 0.29) is 0 Å². The van der Waals surface area contributed by atoms with E-state index < -0.39 is 0 Å². The molecule has 1 fully saturated rings. The van der Waals surface area contributed by atoms with Gasteiger partial charge in [-0.2, -0.15) is 10.2 Å². The van der Waals surface area contributed by atoms with Crippen LogP contribution in [0.15, 0.2) is 24.3 Å². The van der Waals surface area contributed by atoms with Gasteiger partial charge in [-0.1, -0.05) is 0 Å². The van der Waals surface area contributed by atoms with Crippen molar-refractivity contribution >= 4 is 16.7 Å². The van der Waals surface area contributed by atoms with Crippen molar-refractivity contribution in [2.45, 2.75) is 26.7 Å². The highest BCUT2D eigenvalue weighted by Gasteiger charge is 2.22. The first kappa shape index (κ1) is 14.9. The Labute approximate surface area is 141 Å². The fraction of sp³-hybridized carbons (Fsp3) is 0.389. The number of hydrogen-bond donors (Lipinski definition) is 0. The van der Waals surface area contributed by atoms with Crippen molar-refractivity contribution < 1.29 is 4.74 Å². The average Bonchev–Trinajstić information content (AvgIpc) is 3.24. The summed E-state index contributed by atoms with van der Waals surface area (Å²) in [6.07, 6.45) is 2.41. The van der Waals surface area contributed by atoms with Gasteiger partial charge in [-0.15, -0.1) is 5.10 Å². The Hall–Kier alpha value is -2.63. The van der Waals surface area contributed by atoms with Gasteiger partial charge in [0.15, 0.2) is 5.82 Å². The summed E-state index contributed by atoms with van der Waals surface area (Å²) in [5.74, 6) is 1.74. The number of rotatable bonds is 3. The summed E-state index contributed by atoms with van der Waals surface area (Å²) in [4.78, 5) is 2.29. The predicted molar refractivity (Wildman–Crippen MR) is 94.1 cm³/mol. The number of nitrogens with zero attached hydrogens (tertiary/aromatic N) is 5. The van der Waals surface area contributed by atoms with Crippen LogP contribution >= 0.6 is 0 Å². The van der Waals surface area contributed by atoms with Gasteiger partial charge in [-0.05, 0) is 51.0 Å². The third-order valence-electron chi connectivity index (χ3n) is 4.71. The first-order chi connectivity index (χ1) is 11.7. The van der Waals surface area contributed by atoms with Gasteiger partial charge < -0.3 is 9.64 Å². The minimum Gasteiger partial charge on any atom is -0.497 e. The molecule has 6 nitrogen and oxygen atoms in total. The van der Waals surface area contributed by atoms with Crippen LogP contribution in [0.25, 0.3) is 16.6 Å². The van der Waals surface area contributed by atoms with Crippen molar-refractivity contribution in [3.05, 3.63) is 35.7 Å². The maximum Gasteiger partial charge on any atom is 0.179 e. The summed E-state index contributed by atoms with van der Waals surface area (Å²) in [5.41, 5.74) is 3.96. The zero-order valence-corrected chi connectivity index (χ0v) is 14.3. The molecule has 3 heterocycles. The molecule has 2 aromatic heterocycles. The topological polar surface area (TPSA) is 56.1 Å². The lowest BCUT2D eigenvalue weighted by molar-refractivity contribution is 0.414. The van der Waals surface area contributed by atoms with E-state index >= 15 is 0 Å². The lowest BCUT2D eigenvalue weighted by Gasteiger charge is -2.15. The lowest BCUT2D eigenvalue weighted by Crippen LogP contribution is -2.20. The molecule has 0 N–H and O–H groups in total. The Bertz CT molecular complexity index is 879. The van der Waals surface area contributed by atoms with Crippen molar-refractivity contribution in [1.82, 2.24) is 20.0 Å². The second-order valence-electron chi connectivity index (χ2n) is 6.22. The molecule has 0 aliphatic carbocycles. The summed E-state index contributed by atoms with van der Waals surface area (Å²) in [5, 5.41) is 14.8. The van der Waals surface area contributed by atoms with E-state index in [0.29, 0.717) is 0 Å². The van der Waals surface area contributed by atoms with Crippen LogP contribution in [-0.2, 0) is 0 Å². The maximum atomic E-state index is 5.24. The van der Waals surface area contributed by atoms with Crippen molar-refractivity contribution in [2.24, 2.45) is 0 Å². The molecule has 3 aromatic rings. The van der Waals surface area contributed by atoms with Gasteiger partial charge in [0.25, 0.3) is 0 Å². The molecule has 6 heteroatoms. The molecule has 1 aromatic carbocycles. The maximum absolute atomic E-state index is 5.24. The van der Waals surface area contributed by atoms with Crippen LogP contribution in [0.4, 0.5) is 5.82 Å². The predicted octanol–water partition coefficient (Wildman–Crippen LogP) is 3.04. The highest BCUT2D eigenvalue weighted by molar-refractivity contribution is 5.92. The number of hydrogen-bond acceptors (Lipinski definition) is 5. The van der Waals surface area contributed by atoms with Gasteiger partial charge >= 0.3 is 0 Å². The quantitative estimate of drug-likeness (QED) is 0.741. The van der Waals surface area contributed by atoms with E-state index in [1.807, 2.05) is 35.9 Å². The fourth-order valence-corrected chi connectivity index (χ4v) is 3.43. The minimum atomic E-state index is 0.838. The van der Waals surface area contributed by atoms with E-state index in [4.69, 9.17) is 9.84 Å². The summed E-state index contributed by atoms with van der Waals surface area (Å²) < 4.78 is 7.22. The van der Waals surface area contributed by atoms with Crippen molar-refractivity contribution in [1.29, 1.82) is 0 Å². The molecule has 24 heavy (non-hydrogen) atoms. The van der Waals surface area contributed by atoms with E-state index in [1.54, 1.807) is 7.11 Å². The van der Waals surface area contributed by atoms with Crippen LogP contribution in [-0.4, -0.2) is 40.2 Å². The largest absolute Gasteiger partial charge is 0.497 e. The Morgan fingerprint density at radius 3 is 2.38 bits per heavy atom. The molecule has 0 radical (unpaired) electrons. The SMILES string of the molecule is COc1ccc(-n2nc3c(N4CCCC4)nnc(C)c3c2C)cc1. The third-order valence-corrected chi connectivity index (χ3v) is 4.71. The Morgan fingerprint density at radius 1 is 1.00 bits per heavy atom. The van der Waals surface area contributed by atoms with E-state index in [2.05, 4.69) is 22.0 Å². The number of fused-ring (bicyclic) bond motifs is 1. The Balaban J connectivity index is 1.89. The second kappa shape index (κ2) is 5.78. The highest BCUT2D eigenvalue weighted by Crippen LogP contribution is 2.31. The Morgan fingerprint density at radius 2 is 1.71 bits per heavy atom. The van der Waals surface area contributed by atoms with Crippen molar-refractivity contribution in [2.75, 3.05) is 25.1 Å². The molecule has 1 aliphatic heterocycles. The zero-order valence-electron chi connectivity index (χ0n) is 14.3. The average molecular weight is 323 g/mol. The molecule has 0 amide bonds. The standard InChI is InChI=1S/C18H21N5O/c1-12-16-13(2)23(14-6-8-15(24-3)9-7-14)21-17(16)18(20-19-12)22-10-4-5-11-22/h6-9H,4-5,10-11H2,1-3H3. The normalized spacial score (nSPS) is 14.5. The fourth-order valence-electron chi connectivity index (χ4n) is 3.43. The molecule has 0 bridgehead atoms. The summed E-state index contributed by atoms with van der Waals surface area (Å²) in [6.45, 7) is 6.14. The van der Waals surface area contributed by atoms with Crippen LogP contribution in [0.1, 0.15) is 24.2 Å². The summed E-state index contributed by atoms with van der Waals surface area (Å²) >= 11 is 0. The van der Waals surface area contributed by atoms with Crippen LogP contribution < -0.4 is 9.64 Å². The first-order valence-corrected chi connectivity index (χ1v) is 8.31. The van der Waals surface area contributed by atoms with Crippen LogP contribution in [0, 0.1) is 13.8 Å². The van der Waals surface area contributed by atoms with Crippen molar-refractivity contribution in [3.8, 4) is 11.4 Å². The monoisotopic (exact) mass is 323 g/mol. The van der Waals surface area contributed by atoms with E-state index in [9.17, 15) is 0 Å². The number of ether oxygens (including phenoxy) is 1. The summed E-state index contributed by atoms with van der Waals surface area (Å²) in [6, 6.07) is 7.94. The van der Waals surface area contributed by atoms with Crippen LogP contribution in [0.5, 0.6) is 5.75 Å². The number of benzene rings is 1. The molecule has 0 unspecified atom stereocenters. The van der Waals surface area contributed by atoms with Crippen LogP contribution in [0.3, 0.4) is 0 Å². The number of aryl methyl sites for hydroxylation is 2. The van der Waals surface area contributed by atoms with Gasteiger partial charge in [0.05, 0.1) is 29.6 Å². The molecule has 0 saturated carbocycles. The molecule has 0 atom stereocenters. The van der Waals surface area contributed by atoms with Gasteiger partial charge in [0.1, 0.15) is 11.3 Å². The molecule has 1 aliphatic rings. The minimum absolute atomic E-state index is 0.838. The van der Waals surface area contributed by atoms with Gasteiger partial charge in [-0.3, -0.25) is 0 Å². The number of anilines is 1. The zero-order chi connectivity index (χ0) is 16.7. The van der Waals surface area contributed by atoms with Crippen molar-refractivity contribution in [3.63, 3.8) is 0 Å². The smallest absolute Gasteiger partial charge is 0.179 e. The molecular weight excluding hydrogens is 302 g/mol. The number of methoxy groups -OCH3 is 1. The second-order valence-corrected chi connectivity index (χ2v) is 6.22. The first-order valence-electron chi connectivity index (χ1n) is 8.31. The molecule has 0 spiro atoms. The van der Waals surface area contributed by atoms with E-state index in [0.717, 1.165) is 52.6 Å². The Kier molecular flexibility index (Phi) is 3.59. The van der Waals surface area contributed by atoms with Gasteiger partial charge in [-0.25, -0.2) is 4.68 Å². The van der Waals surface area contributed by atoms with Gasteiger partial charge in [0, 0.05) is 13.1 Å².